The molecule has 3 heterocycles. The summed E-state index contributed by atoms with van der Waals surface area (Å²) in [6.45, 7) is 5.42. The lowest BCUT2D eigenvalue weighted by Crippen LogP contribution is -2.46. The third kappa shape index (κ3) is 2.74. The van der Waals surface area contributed by atoms with Gasteiger partial charge in [0.15, 0.2) is 11.5 Å². The van der Waals surface area contributed by atoms with Gasteiger partial charge in [0.05, 0.1) is 12.7 Å². The summed E-state index contributed by atoms with van der Waals surface area (Å²) in [5.74, 6) is 2.82. The molecular formula is C21H26ClN3O2. The van der Waals surface area contributed by atoms with Gasteiger partial charge in [0, 0.05) is 25.0 Å². The molecule has 1 saturated carbocycles. The minimum absolute atomic E-state index is 0.215. The number of benzene rings is 1. The Bertz CT molecular complexity index is 873. The van der Waals surface area contributed by atoms with Crippen molar-refractivity contribution in [1.29, 1.82) is 0 Å². The number of halogens is 1. The van der Waals surface area contributed by atoms with Crippen molar-refractivity contribution in [2.24, 2.45) is 7.05 Å². The molecule has 0 bridgehead atoms. The van der Waals surface area contributed by atoms with Gasteiger partial charge >= 0.3 is 0 Å². The summed E-state index contributed by atoms with van der Waals surface area (Å²) in [5.41, 5.74) is 3.07. The number of imidazole rings is 1. The fourth-order valence-electron chi connectivity index (χ4n) is 5.14. The third-order valence-corrected chi connectivity index (χ3v) is 7.07. The second-order valence-electron chi connectivity index (χ2n) is 8.21. The van der Waals surface area contributed by atoms with Crippen molar-refractivity contribution in [1.82, 2.24) is 14.5 Å². The van der Waals surface area contributed by atoms with Crippen LogP contribution in [0.1, 0.15) is 55.6 Å². The largest absolute Gasteiger partial charge is 0.486 e. The number of rotatable bonds is 2. The summed E-state index contributed by atoms with van der Waals surface area (Å²) in [6.07, 6.45) is 6.81. The van der Waals surface area contributed by atoms with E-state index in [-0.39, 0.29) is 5.41 Å². The molecule has 5 nitrogen and oxygen atoms in total. The maximum Gasteiger partial charge on any atom is 0.161 e. The molecule has 6 heteroatoms. The molecule has 0 N–H and O–H groups in total. The number of ether oxygens (including phenoxy) is 2. The smallest absolute Gasteiger partial charge is 0.161 e. The van der Waals surface area contributed by atoms with Gasteiger partial charge in [-0.2, -0.15) is 0 Å². The molecule has 27 heavy (non-hydrogen) atoms. The lowest BCUT2D eigenvalue weighted by Gasteiger charge is -2.46. The first-order valence-corrected chi connectivity index (χ1v) is 10.3. The predicted molar refractivity (Wildman–Crippen MR) is 105 cm³/mol. The van der Waals surface area contributed by atoms with Gasteiger partial charge in [0.25, 0.3) is 0 Å². The van der Waals surface area contributed by atoms with Gasteiger partial charge in [-0.15, -0.1) is 0 Å². The quantitative estimate of drug-likeness (QED) is 0.772. The first-order valence-electron chi connectivity index (χ1n) is 9.92. The predicted octanol–water partition coefficient (Wildman–Crippen LogP) is 4.23. The van der Waals surface area contributed by atoms with Crippen LogP contribution in [-0.2, 0) is 19.0 Å². The van der Waals surface area contributed by atoms with Gasteiger partial charge in [-0.05, 0) is 43.0 Å². The van der Waals surface area contributed by atoms with E-state index in [1.807, 2.05) is 11.6 Å². The Kier molecular flexibility index (Phi) is 4.13. The van der Waals surface area contributed by atoms with Crippen LogP contribution < -0.4 is 9.47 Å². The van der Waals surface area contributed by atoms with Gasteiger partial charge in [0.2, 0.25) is 0 Å². The Balaban J connectivity index is 1.57. The van der Waals surface area contributed by atoms with Gasteiger partial charge in [0.1, 0.15) is 24.2 Å². The highest BCUT2D eigenvalue weighted by Crippen LogP contribution is 2.52. The molecule has 1 aromatic carbocycles. The molecule has 1 aromatic heterocycles. The van der Waals surface area contributed by atoms with E-state index in [0.717, 1.165) is 30.4 Å². The van der Waals surface area contributed by atoms with Gasteiger partial charge < -0.3 is 14.0 Å². The van der Waals surface area contributed by atoms with Crippen LogP contribution in [0.4, 0.5) is 0 Å². The maximum atomic E-state index is 6.22. The molecule has 1 spiro atoms. The standard InChI is InChI=1S/C21H26ClN3O2/c1-14-15-9-17-18(27-8-7-26-17)10-16(15)21(5-3-4-6-21)13-25(14)12-20-23-11-19(22)24(20)2/h9-11,14H,3-8,12-13H2,1-2H3. The molecule has 2 aliphatic heterocycles. The van der Waals surface area contributed by atoms with E-state index in [1.54, 1.807) is 6.20 Å². The van der Waals surface area contributed by atoms with E-state index in [2.05, 4.69) is 28.9 Å². The summed E-state index contributed by atoms with van der Waals surface area (Å²) >= 11 is 6.22. The zero-order valence-electron chi connectivity index (χ0n) is 16.0. The Morgan fingerprint density at radius 2 is 1.89 bits per heavy atom. The molecule has 0 saturated heterocycles. The average Bonchev–Trinajstić information content (AvgIpc) is 3.27. The van der Waals surface area contributed by atoms with Gasteiger partial charge in [-0.25, -0.2) is 4.98 Å². The fourth-order valence-corrected chi connectivity index (χ4v) is 5.29. The van der Waals surface area contributed by atoms with Gasteiger partial charge in [-0.3, -0.25) is 4.90 Å². The third-order valence-electron chi connectivity index (χ3n) is 6.72. The second-order valence-corrected chi connectivity index (χ2v) is 8.59. The molecular weight excluding hydrogens is 362 g/mol. The normalized spacial score (nSPS) is 23.6. The molecule has 2 aromatic rings. The van der Waals surface area contributed by atoms with Crippen molar-refractivity contribution in [2.45, 2.75) is 50.6 Å². The Morgan fingerprint density at radius 3 is 2.56 bits per heavy atom. The molecule has 1 atom stereocenters. The van der Waals surface area contributed by atoms with Crippen molar-refractivity contribution >= 4 is 11.6 Å². The summed E-state index contributed by atoms with van der Waals surface area (Å²) in [4.78, 5) is 7.09. The monoisotopic (exact) mass is 387 g/mol. The molecule has 1 fully saturated rings. The highest BCUT2D eigenvalue weighted by molar-refractivity contribution is 6.29. The van der Waals surface area contributed by atoms with E-state index in [0.29, 0.717) is 24.4 Å². The van der Waals surface area contributed by atoms with E-state index in [9.17, 15) is 0 Å². The topological polar surface area (TPSA) is 39.5 Å². The fraction of sp³-hybridized carbons (Fsp3) is 0.571. The Labute approximate surface area is 165 Å². The van der Waals surface area contributed by atoms with Crippen molar-refractivity contribution in [3.05, 3.63) is 40.4 Å². The average molecular weight is 388 g/mol. The Hall–Kier alpha value is -1.72. The molecule has 1 unspecified atom stereocenters. The van der Waals surface area contributed by atoms with Crippen molar-refractivity contribution < 1.29 is 9.47 Å². The highest BCUT2D eigenvalue weighted by atomic mass is 35.5. The van der Waals surface area contributed by atoms with Crippen LogP contribution in [0.25, 0.3) is 0 Å². The van der Waals surface area contributed by atoms with Crippen LogP contribution >= 0.6 is 11.6 Å². The zero-order chi connectivity index (χ0) is 18.6. The minimum Gasteiger partial charge on any atom is -0.486 e. The van der Waals surface area contributed by atoms with Crippen LogP contribution in [0.2, 0.25) is 5.15 Å². The van der Waals surface area contributed by atoms with Crippen LogP contribution in [-0.4, -0.2) is 34.2 Å². The van der Waals surface area contributed by atoms with Gasteiger partial charge in [-0.1, -0.05) is 24.4 Å². The summed E-state index contributed by atoms with van der Waals surface area (Å²) in [6, 6.07) is 4.81. The first kappa shape index (κ1) is 17.4. The van der Waals surface area contributed by atoms with Crippen molar-refractivity contribution in [2.75, 3.05) is 19.8 Å². The molecule has 5 rings (SSSR count). The SMILES string of the molecule is CC1c2cc3c(cc2C2(CCCC2)CN1Cc1ncc(Cl)n1C)OCCO3. The molecule has 144 valence electrons. The van der Waals surface area contributed by atoms with Crippen LogP contribution in [0, 0.1) is 0 Å². The highest BCUT2D eigenvalue weighted by Gasteiger charge is 2.45. The maximum absolute atomic E-state index is 6.22. The molecule has 0 radical (unpaired) electrons. The first-order chi connectivity index (χ1) is 13.1. The summed E-state index contributed by atoms with van der Waals surface area (Å²) < 4.78 is 13.8. The lowest BCUT2D eigenvalue weighted by atomic mass is 9.71. The van der Waals surface area contributed by atoms with E-state index >= 15 is 0 Å². The van der Waals surface area contributed by atoms with Crippen LogP contribution in [0.5, 0.6) is 11.5 Å². The Morgan fingerprint density at radius 1 is 1.19 bits per heavy atom. The molecule has 1 aliphatic carbocycles. The number of fused-ring (bicyclic) bond motifs is 3. The number of hydrogen-bond acceptors (Lipinski definition) is 4. The second kappa shape index (κ2) is 6.42. The molecule has 3 aliphatic rings. The van der Waals surface area contributed by atoms with E-state index in [1.165, 1.54) is 36.8 Å². The zero-order valence-corrected chi connectivity index (χ0v) is 16.8. The number of hydrogen-bond donors (Lipinski definition) is 0. The number of nitrogens with zero attached hydrogens (tertiary/aromatic N) is 3. The van der Waals surface area contributed by atoms with Crippen molar-refractivity contribution in [3.63, 3.8) is 0 Å². The summed E-state index contributed by atoms with van der Waals surface area (Å²) in [7, 11) is 1.99. The molecule has 0 amide bonds. The van der Waals surface area contributed by atoms with E-state index in [4.69, 9.17) is 21.1 Å². The van der Waals surface area contributed by atoms with Crippen molar-refractivity contribution in [3.8, 4) is 11.5 Å². The number of aromatic nitrogens is 2. The van der Waals surface area contributed by atoms with Crippen LogP contribution in [0.15, 0.2) is 18.3 Å². The lowest BCUT2D eigenvalue weighted by molar-refractivity contribution is 0.121. The van der Waals surface area contributed by atoms with Crippen LogP contribution in [0.3, 0.4) is 0 Å². The minimum atomic E-state index is 0.215. The van der Waals surface area contributed by atoms with E-state index < -0.39 is 0 Å². The summed E-state index contributed by atoms with van der Waals surface area (Å²) in [5, 5.41) is 0.685.